The molecule has 5 rings (SSSR count). The summed E-state index contributed by atoms with van der Waals surface area (Å²) in [4.78, 5) is 13.3. The van der Waals surface area contributed by atoms with Crippen molar-refractivity contribution >= 4 is 17.2 Å². The van der Waals surface area contributed by atoms with Crippen LogP contribution >= 0.6 is 0 Å². The molecule has 1 aromatic heterocycles. The summed E-state index contributed by atoms with van der Waals surface area (Å²) in [5.41, 5.74) is 4.44. The largest absolute Gasteiger partial charge is 0.464 e. The predicted octanol–water partition coefficient (Wildman–Crippen LogP) is 5.71. The third-order valence-corrected chi connectivity index (χ3v) is 5.70. The molecule has 5 heteroatoms. The number of para-hydroxylation sites is 2. The van der Waals surface area contributed by atoms with E-state index in [-0.39, 0.29) is 23.6 Å². The van der Waals surface area contributed by atoms with Gasteiger partial charge in [0.15, 0.2) is 5.78 Å². The maximum Gasteiger partial charge on any atom is 0.163 e. The highest BCUT2D eigenvalue weighted by Crippen LogP contribution is 2.44. The van der Waals surface area contributed by atoms with Gasteiger partial charge in [-0.15, -0.1) is 0 Å². The summed E-state index contributed by atoms with van der Waals surface area (Å²) >= 11 is 0. The Bertz CT molecular complexity index is 1110. The zero-order valence-electron chi connectivity index (χ0n) is 16.0. The third-order valence-electron chi connectivity index (χ3n) is 5.70. The summed E-state index contributed by atoms with van der Waals surface area (Å²) in [5, 5.41) is 6.99. The Hall–Kier alpha value is -3.34. The van der Waals surface area contributed by atoms with Crippen molar-refractivity contribution in [3.05, 3.63) is 94.8 Å². The topological polar surface area (TPSA) is 54.3 Å². The van der Waals surface area contributed by atoms with Crippen LogP contribution in [0.25, 0.3) is 0 Å². The molecule has 3 aromatic rings. The number of anilines is 2. The Morgan fingerprint density at radius 2 is 1.72 bits per heavy atom. The summed E-state index contributed by atoms with van der Waals surface area (Å²) in [7, 11) is 0. The number of fused-ring (bicyclic) bond motifs is 1. The highest BCUT2D eigenvalue weighted by Gasteiger charge is 2.37. The van der Waals surface area contributed by atoms with Gasteiger partial charge in [-0.3, -0.25) is 4.79 Å². The number of rotatable bonds is 2. The van der Waals surface area contributed by atoms with Crippen LogP contribution < -0.4 is 10.6 Å². The Morgan fingerprint density at radius 3 is 2.45 bits per heavy atom. The van der Waals surface area contributed by atoms with Gasteiger partial charge in [-0.1, -0.05) is 24.3 Å². The molecule has 146 valence electrons. The normalized spacial score (nSPS) is 21.0. The molecule has 1 aliphatic heterocycles. The zero-order valence-corrected chi connectivity index (χ0v) is 16.0. The average molecular weight is 388 g/mol. The first kappa shape index (κ1) is 17.7. The van der Waals surface area contributed by atoms with Crippen LogP contribution in [-0.2, 0) is 4.79 Å². The summed E-state index contributed by atoms with van der Waals surface area (Å²) in [5.74, 6) is 1.35. The van der Waals surface area contributed by atoms with Crippen LogP contribution in [0, 0.1) is 12.7 Å². The second-order valence-corrected chi connectivity index (χ2v) is 7.67. The molecule has 2 N–H and O–H groups in total. The fraction of sp³-hybridized carbons (Fsp3) is 0.208. The molecule has 0 radical (unpaired) electrons. The number of halogens is 1. The van der Waals surface area contributed by atoms with E-state index in [1.165, 1.54) is 12.1 Å². The monoisotopic (exact) mass is 388 g/mol. The van der Waals surface area contributed by atoms with Crippen molar-refractivity contribution in [2.45, 2.75) is 31.7 Å². The summed E-state index contributed by atoms with van der Waals surface area (Å²) in [6.07, 6.45) is 1.07. The zero-order chi connectivity index (χ0) is 20.0. The number of carbonyl (C=O) groups excluding carboxylic acids is 1. The molecule has 29 heavy (non-hydrogen) atoms. The van der Waals surface area contributed by atoms with Crippen LogP contribution in [0.3, 0.4) is 0 Å². The van der Waals surface area contributed by atoms with Crippen molar-refractivity contribution in [2.75, 3.05) is 10.6 Å². The number of benzene rings is 2. The first-order valence-corrected chi connectivity index (χ1v) is 9.79. The molecule has 0 bridgehead atoms. The Labute approximate surface area is 168 Å². The van der Waals surface area contributed by atoms with Gasteiger partial charge in [-0.05, 0) is 61.2 Å². The number of carbonyl (C=O) groups is 1. The van der Waals surface area contributed by atoms with Gasteiger partial charge in [0.2, 0.25) is 0 Å². The highest BCUT2D eigenvalue weighted by molar-refractivity contribution is 6.01. The molecule has 4 nitrogen and oxygen atoms in total. The Morgan fingerprint density at radius 1 is 0.966 bits per heavy atom. The molecule has 0 saturated heterocycles. The van der Waals surface area contributed by atoms with Gasteiger partial charge in [-0.25, -0.2) is 4.39 Å². The molecule has 0 amide bonds. The van der Waals surface area contributed by atoms with E-state index in [2.05, 4.69) is 10.6 Å². The van der Waals surface area contributed by atoms with Gasteiger partial charge in [0.25, 0.3) is 0 Å². The maximum atomic E-state index is 13.4. The predicted molar refractivity (Wildman–Crippen MR) is 110 cm³/mol. The summed E-state index contributed by atoms with van der Waals surface area (Å²) in [6.45, 7) is 1.90. The molecule has 0 fully saturated rings. The third kappa shape index (κ3) is 3.23. The lowest BCUT2D eigenvalue weighted by atomic mass is 9.79. The molecule has 1 aliphatic carbocycles. The minimum atomic E-state index is -0.350. The van der Waals surface area contributed by atoms with E-state index >= 15 is 0 Å². The standard InChI is InChI=1S/C24H21FN2O2/c1-14-6-11-22(29-14)24-23-20(26-18-4-2-3-5-19(18)27-24)12-16(13-21(23)28)15-7-9-17(25)10-8-15/h2-11,16,24,26-27H,12-13H2,1H3. The van der Waals surface area contributed by atoms with Gasteiger partial charge >= 0.3 is 0 Å². The summed E-state index contributed by atoms with van der Waals surface area (Å²) in [6, 6.07) is 17.9. The molecule has 2 atom stereocenters. The number of allylic oxidation sites excluding steroid dienone is 1. The number of hydrogen-bond acceptors (Lipinski definition) is 4. The van der Waals surface area contributed by atoms with E-state index < -0.39 is 0 Å². The Balaban J connectivity index is 1.60. The average Bonchev–Trinajstić information content (AvgIpc) is 3.06. The number of hydrogen-bond donors (Lipinski definition) is 2. The van der Waals surface area contributed by atoms with E-state index in [4.69, 9.17) is 4.42 Å². The second kappa shape index (κ2) is 6.92. The lowest BCUT2D eigenvalue weighted by Gasteiger charge is -2.29. The number of nitrogens with one attached hydrogen (secondary N) is 2. The van der Waals surface area contributed by atoms with Crippen molar-refractivity contribution in [3.63, 3.8) is 0 Å². The fourth-order valence-electron chi connectivity index (χ4n) is 4.28. The van der Waals surface area contributed by atoms with Crippen LogP contribution in [0.15, 0.2) is 76.4 Å². The van der Waals surface area contributed by atoms with Crippen LogP contribution in [0.2, 0.25) is 0 Å². The van der Waals surface area contributed by atoms with Crippen LogP contribution in [0.4, 0.5) is 15.8 Å². The number of aryl methyl sites for hydroxylation is 1. The van der Waals surface area contributed by atoms with Gasteiger partial charge in [0.1, 0.15) is 23.4 Å². The van der Waals surface area contributed by atoms with Crippen molar-refractivity contribution in [1.82, 2.24) is 0 Å². The van der Waals surface area contributed by atoms with Crippen molar-refractivity contribution in [2.24, 2.45) is 0 Å². The molecule has 2 unspecified atom stereocenters. The number of ketones is 1. The van der Waals surface area contributed by atoms with Crippen LogP contribution in [0.5, 0.6) is 0 Å². The first-order valence-electron chi connectivity index (χ1n) is 9.79. The highest BCUT2D eigenvalue weighted by atomic mass is 19.1. The van der Waals surface area contributed by atoms with E-state index in [0.717, 1.165) is 34.2 Å². The second-order valence-electron chi connectivity index (χ2n) is 7.67. The molecule has 2 aliphatic rings. The SMILES string of the molecule is Cc1ccc(C2Nc3ccccc3NC3=C2C(=O)CC(c2ccc(F)cc2)C3)o1. The maximum absolute atomic E-state index is 13.4. The molecule has 0 saturated carbocycles. The minimum Gasteiger partial charge on any atom is -0.464 e. The smallest absolute Gasteiger partial charge is 0.163 e. The van der Waals surface area contributed by atoms with E-state index in [0.29, 0.717) is 18.4 Å². The van der Waals surface area contributed by atoms with Gasteiger partial charge in [0, 0.05) is 17.7 Å². The molecule has 2 aromatic carbocycles. The fourth-order valence-corrected chi connectivity index (χ4v) is 4.28. The van der Waals surface area contributed by atoms with Gasteiger partial charge in [0.05, 0.1) is 11.4 Å². The number of Topliss-reactive ketones (excluding diaryl/α,β-unsaturated/α-hetero) is 1. The van der Waals surface area contributed by atoms with E-state index in [1.807, 2.05) is 43.3 Å². The molecular formula is C24H21FN2O2. The van der Waals surface area contributed by atoms with Crippen LogP contribution in [-0.4, -0.2) is 5.78 Å². The first-order chi connectivity index (χ1) is 14.1. The van der Waals surface area contributed by atoms with Gasteiger partial charge in [-0.2, -0.15) is 0 Å². The van der Waals surface area contributed by atoms with E-state index in [1.54, 1.807) is 12.1 Å². The lowest BCUT2D eigenvalue weighted by Crippen LogP contribution is -2.26. The van der Waals surface area contributed by atoms with Crippen molar-refractivity contribution in [3.8, 4) is 0 Å². The quantitative estimate of drug-likeness (QED) is 0.591. The Kier molecular flexibility index (Phi) is 4.23. The van der Waals surface area contributed by atoms with Crippen molar-refractivity contribution in [1.29, 1.82) is 0 Å². The molecule has 2 heterocycles. The molecule has 0 spiro atoms. The van der Waals surface area contributed by atoms with E-state index in [9.17, 15) is 9.18 Å². The lowest BCUT2D eigenvalue weighted by molar-refractivity contribution is -0.116. The van der Waals surface area contributed by atoms with Crippen LogP contribution in [0.1, 0.15) is 41.9 Å². The number of furan rings is 1. The van der Waals surface area contributed by atoms with Gasteiger partial charge < -0.3 is 15.1 Å². The van der Waals surface area contributed by atoms with Crippen molar-refractivity contribution < 1.29 is 13.6 Å². The summed E-state index contributed by atoms with van der Waals surface area (Å²) < 4.78 is 19.2. The molecular weight excluding hydrogens is 367 g/mol. The minimum absolute atomic E-state index is 0.0126.